The van der Waals surface area contributed by atoms with Crippen molar-refractivity contribution in [2.45, 2.75) is 122 Å². The average Bonchev–Trinajstić information content (AvgIpc) is 3.42. The third kappa shape index (κ3) is 4.15. The van der Waals surface area contributed by atoms with E-state index in [1.54, 1.807) is 0 Å². The predicted octanol–water partition coefficient (Wildman–Crippen LogP) is 3.44. The molecule has 2 unspecified atom stereocenters. The number of carbonyl (C=O) groups excluding carboxylic acids is 1. The SMILES string of the molecule is CC(=O)O[C@H]1C[C@]2(C)C3CC[C@@]4(N)[C@H](N)[C@H](O)CC[C@]4(C)[C@@H]3[C@H](O)C[C@H]2/C1=C(/C(=O)O)C1CCC(=C(C)C)C1. The van der Waals surface area contributed by atoms with Crippen molar-refractivity contribution in [1.29, 1.82) is 0 Å². The van der Waals surface area contributed by atoms with Gasteiger partial charge in [-0.15, -0.1) is 0 Å². The molecule has 0 bridgehead atoms. The first-order valence-electron chi connectivity index (χ1n) is 14.9. The fraction of sp³-hybridized carbons (Fsp3) is 0.806. The Bertz CT molecular complexity index is 1110. The number of aliphatic hydroxyl groups excluding tert-OH is 2. The monoisotopic (exact) mass is 544 g/mol. The average molecular weight is 545 g/mol. The van der Waals surface area contributed by atoms with Gasteiger partial charge in [0.05, 0.1) is 12.2 Å². The highest BCUT2D eigenvalue weighted by Crippen LogP contribution is 2.69. The van der Waals surface area contributed by atoms with Crippen molar-refractivity contribution in [3.63, 3.8) is 0 Å². The molecule has 0 aliphatic heterocycles. The van der Waals surface area contributed by atoms with Crippen molar-refractivity contribution in [3.8, 4) is 0 Å². The van der Waals surface area contributed by atoms with Gasteiger partial charge >= 0.3 is 11.9 Å². The Morgan fingerprint density at radius 3 is 2.31 bits per heavy atom. The Balaban J connectivity index is 1.61. The van der Waals surface area contributed by atoms with Crippen molar-refractivity contribution in [2.24, 2.45) is 46.0 Å². The maximum atomic E-state index is 12.9. The summed E-state index contributed by atoms with van der Waals surface area (Å²) in [5.41, 5.74) is 15.7. The van der Waals surface area contributed by atoms with Gasteiger partial charge in [-0.1, -0.05) is 25.0 Å². The summed E-state index contributed by atoms with van der Waals surface area (Å²) in [5, 5.41) is 33.1. The predicted molar refractivity (Wildman–Crippen MR) is 147 cm³/mol. The zero-order valence-electron chi connectivity index (χ0n) is 24.2. The first-order chi connectivity index (χ1) is 18.2. The molecule has 0 heterocycles. The Hall–Kier alpha value is -1.74. The molecule has 8 nitrogen and oxygen atoms in total. The molecule has 5 fully saturated rings. The van der Waals surface area contributed by atoms with Crippen molar-refractivity contribution in [3.05, 3.63) is 22.3 Å². The molecule has 0 spiro atoms. The van der Waals surface area contributed by atoms with Crippen LogP contribution >= 0.6 is 0 Å². The van der Waals surface area contributed by atoms with Crippen LogP contribution in [-0.4, -0.2) is 57.2 Å². The minimum atomic E-state index is -0.938. The molecule has 0 aromatic carbocycles. The number of rotatable bonds is 3. The largest absolute Gasteiger partial charge is 0.478 e. The number of nitrogens with two attached hydrogens (primary N) is 2. The van der Waals surface area contributed by atoms with E-state index in [0.29, 0.717) is 44.1 Å². The summed E-state index contributed by atoms with van der Waals surface area (Å²) in [6.45, 7) is 9.89. The quantitative estimate of drug-likeness (QED) is 0.205. The summed E-state index contributed by atoms with van der Waals surface area (Å²) in [4.78, 5) is 25.2. The molecule has 0 aromatic heterocycles. The molecule has 0 amide bonds. The van der Waals surface area contributed by atoms with Crippen LogP contribution in [-0.2, 0) is 14.3 Å². The van der Waals surface area contributed by atoms with E-state index < -0.39 is 47.2 Å². The molecule has 218 valence electrons. The Morgan fingerprint density at radius 2 is 1.72 bits per heavy atom. The smallest absolute Gasteiger partial charge is 0.331 e. The van der Waals surface area contributed by atoms with Gasteiger partial charge in [0.1, 0.15) is 6.10 Å². The number of aliphatic carboxylic acids is 1. The van der Waals surface area contributed by atoms with Crippen LogP contribution in [0.4, 0.5) is 0 Å². The minimum absolute atomic E-state index is 0.0675. The van der Waals surface area contributed by atoms with Crippen LogP contribution in [0.3, 0.4) is 0 Å². The van der Waals surface area contributed by atoms with Gasteiger partial charge in [-0.25, -0.2) is 4.79 Å². The number of aliphatic hydroxyl groups is 2. The van der Waals surface area contributed by atoms with Crippen molar-refractivity contribution < 1.29 is 29.6 Å². The number of hydrogen-bond donors (Lipinski definition) is 5. The van der Waals surface area contributed by atoms with E-state index in [2.05, 4.69) is 27.7 Å². The Kier molecular flexibility index (Phi) is 7.14. The number of hydrogen-bond acceptors (Lipinski definition) is 7. The Morgan fingerprint density at radius 1 is 1.03 bits per heavy atom. The topological polar surface area (TPSA) is 156 Å². The van der Waals surface area contributed by atoms with Crippen LogP contribution in [0.5, 0.6) is 0 Å². The number of carbonyl (C=O) groups is 2. The van der Waals surface area contributed by atoms with Crippen molar-refractivity contribution >= 4 is 11.9 Å². The fourth-order valence-electron chi connectivity index (χ4n) is 10.1. The molecule has 5 aliphatic rings. The van der Waals surface area contributed by atoms with E-state index in [4.69, 9.17) is 16.2 Å². The van der Waals surface area contributed by atoms with E-state index in [1.807, 2.05) is 0 Å². The summed E-state index contributed by atoms with van der Waals surface area (Å²) in [6.07, 6.45) is 3.95. The highest BCUT2D eigenvalue weighted by Gasteiger charge is 2.69. The number of fused-ring (bicyclic) bond motifs is 5. The number of carboxylic acids is 1. The first kappa shape index (κ1) is 28.8. The lowest BCUT2D eigenvalue weighted by Crippen LogP contribution is -2.77. The second-order valence-electron chi connectivity index (χ2n) is 14.1. The molecule has 8 heteroatoms. The highest BCUT2D eigenvalue weighted by atomic mass is 16.5. The molecule has 11 atom stereocenters. The van der Waals surface area contributed by atoms with Crippen LogP contribution in [0, 0.1) is 34.5 Å². The molecule has 0 saturated heterocycles. The van der Waals surface area contributed by atoms with Gasteiger partial charge in [0.15, 0.2) is 0 Å². The van der Waals surface area contributed by atoms with Crippen LogP contribution in [0.1, 0.15) is 92.4 Å². The summed E-state index contributed by atoms with van der Waals surface area (Å²) < 4.78 is 5.91. The van der Waals surface area contributed by atoms with Crippen LogP contribution in [0.15, 0.2) is 22.3 Å². The lowest BCUT2D eigenvalue weighted by atomic mass is 9.40. The van der Waals surface area contributed by atoms with Gasteiger partial charge in [0.25, 0.3) is 0 Å². The number of allylic oxidation sites excluding steroid dienone is 2. The number of carboxylic acid groups (broad SMARTS) is 1. The van der Waals surface area contributed by atoms with Crippen molar-refractivity contribution in [2.75, 3.05) is 0 Å². The molecule has 0 radical (unpaired) electrons. The molecule has 5 aliphatic carbocycles. The molecule has 39 heavy (non-hydrogen) atoms. The summed E-state index contributed by atoms with van der Waals surface area (Å²) >= 11 is 0. The molecular weight excluding hydrogens is 496 g/mol. The van der Waals surface area contributed by atoms with Gasteiger partial charge in [-0.05, 0) is 112 Å². The number of esters is 1. The van der Waals surface area contributed by atoms with Crippen LogP contribution in [0.2, 0.25) is 0 Å². The summed E-state index contributed by atoms with van der Waals surface area (Å²) in [7, 11) is 0. The standard InChI is InChI=1S/C31H48N2O6/c1-15(2)17-6-7-18(12-17)24(28(37)38)25-20-13-22(36)26-19(29(20,4)14-23(25)39-16(3)34)8-11-31(33)27(32)21(35)9-10-30(26,31)5/h18-23,26-27,35-36H,6-14,32-33H2,1-5H3,(H,37,38)/b25-24-/t18?,19?,20-,21+,22+,23-,26-,27+,29+,30+,31+/m0/s1. The van der Waals surface area contributed by atoms with Gasteiger partial charge in [-0.3, -0.25) is 4.79 Å². The first-order valence-corrected chi connectivity index (χ1v) is 14.9. The highest BCUT2D eigenvalue weighted by molar-refractivity contribution is 5.89. The van der Waals surface area contributed by atoms with Gasteiger partial charge in [0.2, 0.25) is 0 Å². The third-order valence-electron chi connectivity index (χ3n) is 12.2. The zero-order valence-corrected chi connectivity index (χ0v) is 24.2. The van der Waals surface area contributed by atoms with Crippen LogP contribution in [0.25, 0.3) is 0 Å². The normalized spacial score (nSPS) is 48.6. The third-order valence-corrected chi connectivity index (χ3v) is 12.2. The van der Waals surface area contributed by atoms with E-state index in [0.717, 1.165) is 24.8 Å². The second kappa shape index (κ2) is 9.68. The fourth-order valence-corrected chi connectivity index (χ4v) is 10.1. The van der Waals surface area contributed by atoms with E-state index in [9.17, 15) is 24.9 Å². The molecular formula is C31H48N2O6. The van der Waals surface area contributed by atoms with Gasteiger partial charge in [0, 0.05) is 24.1 Å². The lowest BCUT2D eigenvalue weighted by molar-refractivity contribution is -0.190. The molecule has 5 rings (SSSR count). The van der Waals surface area contributed by atoms with E-state index >= 15 is 0 Å². The van der Waals surface area contributed by atoms with Gasteiger partial charge in [-0.2, -0.15) is 0 Å². The lowest BCUT2D eigenvalue weighted by Gasteiger charge is -2.67. The minimum Gasteiger partial charge on any atom is -0.478 e. The molecule has 5 saturated carbocycles. The second-order valence-corrected chi connectivity index (χ2v) is 14.1. The maximum absolute atomic E-state index is 12.9. The molecule has 7 N–H and O–H groups in total. The van der Waals surface area contributed by atoms with Gasteiger partial charge < -0.3 is 31.5 Å². The zero-order chi connectivity index (χ0) is 28.7. The Labute approximate surface area is 232 Å². The van der Waals surface area contributed by atoms with Crippen LogP contribution < -0.4 is 11.5 Å². The summed E-state index contributed by atoms with van der Waals surface area (Å²) in [6, 6.07) is -0.562. The van der Waals surface area contributed by atoms with Crippen molar-refractivity contribution in [1.82, 2.24) is 0 Å². The number of ether oxygens (including phenoxy) is 1. The molecule has 0 aromatic rings. The summed E-state index contributed by atoms with van der Waals surface area (Å²) in [5.74, 6) is -1.75. The maximum Gasteiger partial charge on any atom is 0.331 e. The van der Waals surface area contributed by atoms with E-state index in [-0.39, 0.29) is 29.1 Å². The van der Waals surface area contributed by atoms with E-state index in [1.165, 1.54) is 18.1 Å².